The summed E-state index contributed by atoms with van der Waals surface area (Å²) in [7, 11) is 1.64. The Morgan fingerprint density at radius 2 is 2.00 bits per heavy atom. The van der Waals surface area contributed by atoms with E-state index in [1.165, 1.54) is 18.3 Å². The Bertz CT molecular complexity index is 982. The minimum Gasteiger partial charge on any atom is -0.497 e. The van der Waals surface area contributed by atoms with Crippen LogP contribution >= 0.6 is 0 Å². The average molecular weight is 394 g/mol. The van der Waals surface area contributed by atoms with Crippen molar-refractivity contribution in [3.8, 4) is 5.75 Å². The molecule has 0 unspecified atom stereocenters. The minimum absolute atomic E-state index is 0.157. The lowest BCUT2D eigenvalue weighted by Crippen LogP contribution is -2.14. The van der Waals surface area contributed by atoms with Gasteiger partial charge in [0, 0.05) is 12.3 Å². The summed E-state index contributed by atoms with van der Waals surface area (Å²) >= 11 is 0. The molecule has 1 aromatic carbocycles. The predicted molar refractivity (Wildman–Crippen MR) is 107 cm³/mol. The third kappa shape index (κ3) is 5.41. The first-order valence-corrected chi connectivity index (χ1v) is 9.20. The third-order valence-electron chi connectivity index (χ3n) is 4.19. The number of esters is 1. The second-order valence-electron chi connectivity index (χ2n) is 6.23. The smallest absolute Gasteiger partial charge is 0.356 e. The van der Waals surface area contributed by atoms with Crippen LogP contribution in [0.25, 0.3) is 0 Å². The number of pyridine rings is 1. The molecule has 2 heterocycles. The van der Waals surface area contributed by atoms with E-state index < -0.39 is 5.97 Å². The van der Waals surface area contributed by atoms with Gasteiger partial charge in [-0.1, -0.05) is 12.1 Å². The first kappa shape index (κ1) is 20.1. The fourth-order valence-electron chi connectivity index (χ4n) is 2.70. The van der Waals surface area contributed by atoms with E-state index in [0.29, 0.717) is 11.4 Å². The quantitative estimate of drug-likeness (QED) is 0.569. The lowest BCUT2D eigenvalue weighted by atomic mass is 10.1. The van der Waals surface area contributed by atoms with Gasteiger partial charge in [-0.25, -0.2) is 9.78 Å². The molecule has 8 heteroatoms. The van der Waals surface area contributed by atoms with Crippen molar-refractivity contribution in [1.29, 1.82) is 0 Å². The van der Waals surface area contributed by atoms with Gasteiger partial charge >= 0.3 is 5.97 Å². The van der Waals surface area contributed by atoms with Crippen LogP contribution in [0.4, 0.5) is 5.82 Å². The number of rotatable bonds is 8. The van der Waals surface area contributed by atoms with Crippen LogP contribution in [0.5, 0.6) is 5.75 Å². The summed E-state index contributed by atoms with van der Waals surface area (Å²) in [5.41, 5.74) is 2.46. The number of H-pyrrole nitrogens is 1. The zero-order valence-electron chi connectivity index (χ0n) is 16.3. The number of nitrogens with zero attached hydrogens (tertiary/aromatic N) is 2. The Kier molecular flexibility index (Phi) is 6.57. The summed E-state index contributed by atoms with van der Waals surface area (Å²) in [6.45, 7) is 1.98. The first-order chi connectivity index (χ1) is 14.1. The molecule has 0 spiro atoms. The highest BCUT2D eigenvalue weighted by molar-refractivity contribution is 6.03. The SMILES string of the molecule is CCOC(=O)c1ccc(C(=O)Nc2cc(CCc3cccc(OC)c3)n[nH]2)cn1. The largest absolute Gasteiger partial charge is 0.497 e. The summed E-state index contributed by atoms with van der Waals surface area (Å²) in [6.07, 6.45) is 2.85. The lowest BCUT2D eigenvalue weighted by Gasteiger charge is -2.04. The molecule has 0 aliphatic rings. The maximum absolute atomic E-state index is 12.4. The number of nitrogens with one attached hydrogen (secondary N) is 2. The van der Waals surface area contributed by atoms with Crippen molar-refractivity contribution in [2.75, 3.05) is 19.0 Å². The molecule has 29 heavy (non-hydrogen) atoms. The lowest BCUT2D eigenvalue weighted by molar-refractivity contribution is 0.0519. The number of aryl methyl sites for hydroxylation is 2. The molecule has 0 aliphatic carbocycles. The summed E-state index contributed by atoms with van der Waals surface area (Å²) in [6, 6.07) is 12.6. The van der Waals surface area contributed by atoms with E-state index in [1.807, 2.05) is 24.3 Å². The second-order valence-corrected chi connectivity index (χ2v) is 6.23. The van der Waals surface area contributed by atoms with Gasteiger partial charge < -0.3 is 14.8 Å². The van der Waals surface area contributed by atoms with Crippen molar-refractivity contribution in [2.45, 2.75) is 19.8 Å². The maximum atomic E-state index is 12.4. The number of ether oxygens (including phenoxy) is 2. The topological polar surface area (TPSA) is 106 Å². The molecule has 0 bridgehead atoms. The summed E-state index contributed by atoms with van der Waals surface area (Å²) in [5, 5.41) is 9.78. The predicted octanol–water partition coefficient (Wildman–Crippen LogP) is 3.03. The minimum atomic E-state index is -0.520. The van der Waals surface area contributed by atoms with E-state index in [2.05, 4.69) is 20.5 Å². The highest BCUT2D eigenvalue weighted by atomic mass is 16.5. The Labute approximate surface area is 168 Å². The molecule has 0 radical (unpaired) electrons. The van der Waals surface area contributed by atoms with E-state index in [9.17, 15) is 9.59 Å². The molecule has 0 saturated carbocycles. The number of methoxy groups -OCH3 is 1. The standard InChI is InChI=1S/C21H22N4O4/c1-3-29-21(27)18-10-8-15(13-22-18)20(26)23-19-12-16(24-25-19)9-7-14-5-4-6-17(11-14)28-2/h4-6,8,10-13H,3,7,9H2,1-2H3,(H2,23,24,25,26). The molecule has 3 aromatic rings. The summed E-state index contributed by atoms with van der Waals surface area (Å²) in [5.74, 6) is 0.440. The maximum Gasteiger partial charge on any atom is 0.356 e. The molecule has 2 N–H and O–H groups in total. The molecule has 1 amide bonds. The van der Waals surface area contributed by atoms with Crippen molar-refractivity contribution in [2.24, 2.45) is 0 Å². The Hall–Kier alpha value is -3.68. The number of carbonyl (C=O) groups excluding carboxylic acids is 2. The van der Waals surface area contributed by atoms with Crippen molar-refractivity contribution in [3.63, 3.8) is 0 Å². The number of benzene rings is 1. The van der Waals surface area contributed by atoms with Crippen LogP contribution in [-0.4, -0.2) is 40.8 Å². The van der Waals surface area contributed by atoms with Gasteiger partial charge in [0.2, 0.25) is 0 Å². The van der Waals surface area contributed by atoms with Crippen LogP contribution in [0.3, 0.4) is 0 Å². The van der Waals surface area contributed by atoms with Crippen LogP contribution in [0, 0.1) is 0 Å². The highest BCUT2D eigenvalue weighted by Crippen LogP contribution is 2.15. The monoisotopic (exact) mass is 394 g/mol. The molecular formula is C21H22N4O4. The second kappa shape index (κ2) is 9.50. The fraction of sp³-hybridized carbons (Fsp3) is 0.238. The molecular weight excluding hydrogens is 372 g/mol. The Morgan fingerprint density at radius 3 is 2.72 bits per heavy atom. The van der Waals surface area contributed by atoms with Crippen LogP contribution < -0.4 is 10.1 Å². The molecule has 0 atom stereocenters. The molecule has 3 rings (SSSR count). The zero-order chi connectivity index (χ0) is 20.6. The van der Waals surface area contributed by atoms with Gasteiger partial charge in [-0.2, -0.15) is 5.10 Å². The van der Waals surface area contributed by atoms with Crippen LogP contribution in [-0.2, 0) is 17.6 Å². The van der Waals surface area contributed by atoms with Crippen LogP contribution in [0.1, 0.15) is 39.0 Å². The number of hydrogen-bond donors (Lipinski definition) is 2. The highest BCUT2D eigenvalue weighted by Gasteiger charge is 2.12. The molecule has 0 saturated heterocycles. The molecule has 8 nitrogen and oxygen atoms in total. The molecule has 0 aliphatic heterocycles. The zero-order valence-corrected chi connectivity index (χ0v) is 16.3. The summed E-state index contributed by atoms with van der Waals surface area (Å²) < 4.78 is 10.1. The van der Waals surface area contributed by atoms with E-state index in [0.717, 1.165) is 29.8 Å². The van der Waals surface area contributed by atoms with Crippen LogP contribution in [0.2, 0.25) is 0 Å². The van der Waals surface area contributed by atoms with Gasteiger partial charge in [0.05, 0.1) is 25.0 Å². The van der Waals surface area contributed by atoms with Gasteiger partial charge in [-0.15, -0.1) is 0 Å². The third-order valence-corrected chi connectivity index (χ3v) is 4.19. The van der Waals surface area contributed by atoms with E-state index in [-0.39, 0.29) is 18.2 Å². The van der Waals surface area contributed by atoms with Gasteiger partial charge in [0.1, 0.15) is 17.3 Å². The number of hydrogen-bond acceptors (Lipinski definition) is 6. The van der Waals surface area contributed by atoms with Gasteiger partial charge in [0.25, 0.3) is 5.91 Å². The molecule has 2 aromatic heterocycles. The van der Waals surface area contributed by atoms with Crippen molar-refractivity contribution in [3.05, 3.63) is 71.2 Å². The fourth-order valence-corrected chi connectivity index (χ4v) is 2.70. The van der Waals surface area contributed by atoms with Crippen molar-refractivity contribution >= 4 is 17.7 Å². The summed E-state index contributed by atoms with van der Waals surface area (Å²) in [4.78, 5) is 27.9. The van der Waals surface area contributed by atoms with Crippen LogP contribution in [0.15, 0.2) is 48.7 Å². The molecule has 0 fully saturated rings. The normalized spacial score (nSPS) is 10.4. The molecule has 150 valence electrons. The number of aromatic amines is 1. The number of carbonyl (C=O) groups is 2. The van der Waals surface area contributed by atoms with Crippen molar-refractivity contribution < 1.29 is 19.1 Å². The number of aromatic nitrogens is 3. The van der Waals surface area contributed by atoms with E-state index in [4.69, 9.17) is 9.47 Å². The van der Waals surface area contributed by atoms with Gasteiger partial charge in [-0.3, -0.25) is 9.89 Å². The number of anilines is 1. The van der Waals surface area contributed by atoms with Gasteiger partial charge in [-0.05, 0) is 49.6 Å². The van der Waals surface area contributed by atoms with E-state index >= 15 is 0 Å². The van der Waals surface area contributed by atoms with Gasteiger partial charge in [0.15, 0.2) is 0 Å². The average Bonchev–Trinajstić information content (AvgIpc) is 3.20. The van der Waals surface area contributed by atoms with Crippen molar-refractivity contribution in [1.82, 2.24) is 15.2 Å². The first-order valence-electron chi connectivity index (χ1n) is 9.20. The Balaban J connectivity index is 1.56. The Morgan fingerprint density at radius 1 is 1.14 bits per heavy atom. The number of amides is 1. The van der Waals surface area contributed by atoms with E-state index in [1.54, 1.807) is 20.1 Å².